The molecule has 2 rings (SSSR count). The van der Waals surface area contributed by atoms with Crippen LogP contribution in [-0.2, 0) is 25.2 Å². The van der Waals surface area contributed by atoms with Crippen molar-refractivity contribution in [3.05, 3.63) is 46.7 Å². The van der Waals surface area contributed by atoms with E-state index < -0.39 is 0 Å². The van der Waals surface area contributed by atoms with Gasteiger partial charge in [-0.2, -0.15) is 0 Å². The summed E-state index contributed by atoms with van der Waals surface area (Å²) in [5.41, 5.74) is 1.63. The number of aromatic hydroxyl groups is 1. The van der Waals surface area contributed by atoms with E-state index in [1.165, 1.54) is 19.3 Å². The summed E-state index contributed by atoms with van der Waals surface area (Å²) in [6.45, 7) is 12.0. The Morgan fingerprint density at radius 3 is 1.68 bits per heavy atom. The van der Waals surface area contributed by atoms with Crippen molar-refractivity contribution in [2.45, 2.75) is 52.4 Å². The minimum atomic E-state index is -0.334. The molecule has 134 valence electrons. The van der Waals surface area contributed by atoms with Gasteiger partial charge in [0.15, 0.2) is 11.5 Å². The zero-order valence-corrected chi connectivity index (χ0v) is 16.0. The van der Waals surface area contributed by atoms with Gasteiger partial charge in [0.1, 0.15) is 5.75 Å². The fourth-order valence-corrected chi connectivity index (χ4v) is 2.94. The van der Waals surface area contributed by atoms with E-state index in [0.717, 1.165) is 11.1 Å². The number of hydrogen-bond acceptors (Lipinski definition) is 4. The lowest BCUT2D eigenvalue weighted by molar-refractivity contribution is -0.116. The van der Waals surface area contributed by atoms with Gasteiger partial charge in [-0.25, -0.2) is 0 Å². The molecule has 1 aromatic rings. The molecule has 1 N–H and O–H groups in total. The van der Waals surface area contributed by atoms with E-state index in [1.54, 1.807) is 12.1 Å². The molecule has 1 aliphatic carbocycles. The zero-order chi connectivity index (χ0) is 19.2. The summed E-state index contributed by atoms with van der Waals surface area (Å²) in [7, 11) is 1.38. The number of methoxy groups -OCH3 is 1. The third-order valence-corrected chi connectivity index (χ3v) is 4.30. The largest absolute Gasteiger partial charge is 0.507 e. The molecule has 0 saturated carbocycles. The fourth-order valence-electron chi connectivity index (χ4n) is 2.94. The van der Waals surface area contributed by atoms with E-state index in [9.17, 15) is 14.7 Å². The van der Waals surface area contributed by atoms with Crippen LogP contribution in [0.5, 0.6) is 5.75 Å². The predicted octanol–water partition coefficient (Wildman–Crippen LogP) is 4.05. The molecule has 25 heavy (non-hydrogen) atoms. The lowest BCUT2D eigenvalue weighted by atomic mass is 9.77. The Balaban J connectivity index is 2.87. The molecule has 0 atom stereocenters. The first-order valence-electron chi connectivity index (χ1n) is 8.31. The van der Waals surface area contributed by atoms with Crippen molar-refractivity contribution in [2.24, 2.45) is 0 Å². The SMILES string of the molecule is COC1=C(c2cc(C(C)(C)C)c(O)c(C(C)(C)C)c2)C(=O)C=CC1=O. The average molecular weight is 342 g/mol. The van der Waals surface area contributed by atoms with Crippen LogP contribution in [0.15, 0.2) is 30.0 Å². The highest BCUT2D eigenvalue weighted by molar-refractivity contribution is 6.35. The molecular formula is C21H26O4. The van der Waals surface area contributed by atoms with E-state index in [0.29, 0.717) is 5.56 Å². The van der Waals surface area contributed by atoms with Crippen molar-refractivity contribution in [3.8, 4) is 5.75 Å². The first-order chi connectivity index (χ1) is 11.4. The molecule has 1 aromatic carbocycles. The summed E-state index contributed by atoms with van der Waals surface area (Å²) in [6, 6.07) is 3.56. The van der Waals surface area contributed by atoms with Gasteiger partial charge in [-0.05, 0) is 40.7 Å². The number of rotatable bonds is 2. The molecule has 0 aliphatic heterocycles. The van der Waals surface area contributed by atoms with Gasteiger partial charge in [-0.1, -0.05) is 41.5 Å². The van der Waals surface area contributed by atoms with Crippen LogP contribution in [0.3, 0.4) is 0 Å². The number of hydrogen-bond donors (Lipinski definition) is 1. The number of phenolic OH excluding ortho intramolecular Hbond substituents is 1. The van der Waals surface area contributed by atoms with Gasteiger partial charge in [0.2, 0.25) is 5.78 Å². The predicted molar refractivity (Wildman–Crippen MR) is 98.6 cm³/mol. The normalized spacial score (nSPS) is 15.8. The molecule has 0 spiro atoms. The quantitative estimate of drug-likeness (QED) is 0.824. The Morgan fingerprint density at radius 1 is 0.840 bits per heavy atom. The number of ether oxygens (including phenoxy) is 1. The van der Waals surface area contributed by atoms with Crippen LogP contribution in [0.2, 0.25) is 0 Å². The maximum atomic E-state index is 12.5. The third kappa shape index (κ3) is 3.53. The second-order valence-corrected chi connectivity index (χ2v) is 8.39. The Kier molecular flexibility index (Phi) is 4.69. The van der Waals surface area contributed by atoms with Crippen molar-refractivity contribution < 1.29 is 19.4 Å². The lowest BCUT2D eigenvalue weighted by Crippen LogP contribution is -2.20. The number of carbonyl (C=O) groups excluding carboxylic acids is 2. The van der Waals surface area contributed by atoms with E-state index in [2.05, 4.69) is 0 Å². The fraction of sp³-hybridized carbons (Fsp3) is 0.429. The average Bonchev–Trinajstić information content (AvgIpc) is 2.47. The number of ketones is 2. The van der Waals surface area contributed by atoms with Crippen LogP contribution in [0, 0.1) is 0 Å². The minimum absolute atomic E-state index is 0.0397. The minimum Gasteiger partial charge on any atom is -0.507 e. The number of allylic oxidation sites excluding steroid dienone is 3. The maximum absolute atomic E-state index is 12.5. The van der Waals surface area contributed by atoms with Crippen molar-refractivity contribution in [2.75, 3.05) is 7.11 Å². The molecule has 0 aromatic heterocycles. The van der Waals surface area contributed by atoms with Crippen molar-refractivity contribution in [1.82, 2.24) is 0 Å². The molecule has 0 unspecified atom stereocenters. The number of carbonyl (C=O) groups is 2. The second kappa shape index (κ2) is 6.17. The summed E-state index contributed by atoms with van der Waals surface area (Å²) in [5.74, 6) is -0.340. The Labute approximate surface area is 149 Å². The van der Waals surface area contributed by atoms with Crippen LogP contribution in [0.1, 0.15) is 58.2 Å². The summed E-state index contributed by atoms with van der Waals surface area (Å²) in [6.07, 6.45) is 2.49. The standard InChI is InChI=1S/C21H26O4/c1-20(2,3)13-10-12(11-14(18(13)24)21(4,5)6)17-15(22)8-9-16(23)19(17)25-7/h8-11,24H,1-7H3. The summed E-state index contributed by atoms with van der Waals surface area (Å²) in [5, 5.41) is 10.8. The van der Waals surface area contributed by atoms with E-state index in [4.69, 9.17) is 4.74 Å². The molecular weight excluding hydrogens is 316 g/mol. The van der Waals surface area contributed by atoms with Crippen molar-refractivity contribution >= 4 is 17.1 Å². The lowest BCUT2D eigenvalue weighted by Gasteiger charge is -2.29. The second-order valence-electron chi connectivity index (χ2n) is 8.39. The van der Waals surface area contributed by atoms with Gasteiger partial charge < -0.3 is 9.84 Å². The highest BCUT2D eigenvalue weighted by atomic mass is 16.5. The molecule has 0 amide bonds. The van der Waals surface area contributed by atoms with Crippen molar-refractivity contribution in [3.63, 3.8) is 0 Å². The Hall–Kier alpha value is -2.36. The van der Waals surface area contributed by atoms with E-state index in [1.807, 2.05) is 41.5 Å². The summed E-state index contributed by atoms with van der Waals surface area (Å²) in [4.78, 5) is 24.6. The first-order valence-corrected chi connectivity index (χ1v) is 8.31. The van der Waals surface area contributed by atoms with Gasteiger partial charge in [0.25, 0.3) is 0 Å². The van der Waals surface area contributed by atoms with Crippen LogP contribution < -0.4 is 0 Å². The summed E-state index contributed by atoms with van der Waals surface area (Å²) >= 11 is 0. The van der Waals surface area contributed by atoms with E-state index >= 15 is 0 Å². The maximum Gasteiger partial charge on any atom is 0.221 e. The van der Waals surface area contributed by atoms with Crippen LogP contribution in [0.4, 0.5) is 0 Å². The molecule has 0 heterocycles. The smallest absolute Gasteiger partial charge is 0.221 e. The number of phenols is 1. The van der Waals surface area contributed by atoms with Gasteiger partial charge >= 0.3 is 0 Å². The van der Waals surface area contributed by atoms with Gasteiger partial charge in [0, 0.05) is 11.1 Å². The molecule has 4 heteroatoms. The first kappa shape index (κ1) is 19.0. The molecule has 1 aliphatic rings. The van der Waals surface area contributed by atoms with Crippen molar-refractivity contribution in [1.29, 1.82) is 0 Å². The topological polar surface area (TPSA) is 63.6 Å². The molecule has 0 fully saturated rings. The van der Waals surface area contributed by atoms with Gasteiger partial charge in [-0.3, -0.25) is 9.59 Å². The molecule has 0 radical (unpaired) electrons. The molecule has 4 nitrogen and oxygen atoms in total. The third-order valence-electron chi connectivity index (χ3n) is 4.30. The molecule has 0 saturated heterocycles. The monoisotopic (exact) mass is 342 g/mol. The van der Waals surface area contributed by atoms with Gasteiger partial charge in [0.05, 0.1) is 12.7 Å². The zero-order valence-electron chi connectivity index (χ0n) is 16.0. The van der Waals surface area contributed by atoms with E-state index in [-0.39, 0.29) is 39.5 Å². The Bertz CT molecular complexity index is 761. The number of benzene rings is 1. The van der Waals surface area contributed by atoms with Gasteiger partial charge in [-0.15, -0.1) is 0 Å². The van der Waals surface area contributed by atoms with Crippen LogP contribution in [-0.4, -0.2) is 23.8 Å². The summed E-state index contributed by atoms with van der Waals surface area (Å²) < 4.78 is 5.22. The highest BCUT2D eigenvalue weighted by Crippen LogP contribution is 2.41. The molecule has 0 bridgehead atoms. The van der Waals surface area contributed by atoms with Crippen LogP contribution >= 0.6 is 0 Å². The van der Waals surface area contributed by atoms with Crippen LogP contribution in [0.25, 0.3) is 5.57 Å². The Morgan fingerprint density at radius 2 is 1.28 bits per heavy atom. The highest BCUT2D eigenvalue weighted by Gasteiger charge is 2.31.